The Hall–Kier alpha value is -2.25. The number of ether oxygens (including phenoxy) is 1. The summed E-state index contributed by atoms with van der Waals surface area (Å²) in [6, 6.07) is 6.45. The van der Waals surface area contributed by atoms with Crippen LogP contribution in [0.3, 0.4) is 0 Å². The van der Waals surface area contributed by atoms with E-state index in [0.717, 1.165) is 19.6 Å². The van der Waals surface area contributed by atoms with Gasteiger partial charge in [-0.2, -0.15) is 5.10 Å². The first-order valence-electron chi connectivity index (χ1n) is 8.11. The molecule has 0 amide bonds. The van der Waals surface area contributed by atoms with Gasteiger partial charge in [0.15, 0.2) is 0 Å². The molecule has 1 aromatic heterocycles. The summed E-state index contributed by atoms with van der Waals surface area (Å²) in [5.74, 6) is 0. The molecule has 3 rings (SSSR count). The molecule has 7 nitrogen and oxygen atoms in total. The summed E-state index contributed by atoms with van der Waals surface area (Å²) >= 11 is 0. The lowest BCUT2D eigenvalue weighted by atomic mass is 10.00. The highest BCUT2D eigenvalue weighted by Gasteiger charge is 2.23. The smallest absolute Gasteiger partial charge is 0.306 e. The van der Waals surface area contributed by atoms with Crippen molar-refractivity contribution in [2.45, 2.75) is 26.5 Å². The van der Waals surface area contributed by atoms with Gasteiger partial charge in [0, 0.05) is 19.6 Å². The largest absolute Gasteiger partial charge is 0.371 e. The monoisotopic (exact) mass is 330 g/mol. The molecule has 0 N–H and O–H groups in total. The molecular formula is C17H22N4O3. The van der Waals surface area contributed by atoms with Gasteiger partial charge in [-0.1, -0.05) is 23.8 Å². The van der Waals surface area contributed by atoms with E-state index in [1.807, 2.05) is 0 Å². The molecule has 0 aliphatic carbocycles. The Labute approximate surface area is 141 Å². The number of nitro groups is 1. The fourth-order valence-corrected chi connectivity index (χ4v) is 3.09. The van der Waals surface area contributed by atoms with Crippen molar-refractivity contribution >= 4 is 5.69 Å². The Balaban J connectivity index is 1.60. The van der Waals surface area contributed by atoms with Crippen molar-refractivity contribution in [2.24, 2.45) is 0 Å². The molecule has 128 valence electrons. The second kappa shape index (κ2) is 7.11. The van der Waals surface area contributed by atoms with Gasteiger partial charge in [0.25, 0.3) is 0 Å². The van der Waals surface area contributed by atoms with Crippen LogP contribution in [0, 0.1) is 24.0 Å². The van der Waals surface area contributed by atoms with E-state index in [9.17, 15) is 10.1 Å². The first-order valence-corrected chi connectivity index (χ1v) is 8.11. The van der Waals surface area contributed by atoms with Crippen molar-refractivity contribution in [3.05, 3.63) is 57.4 Å². The molecule has 1 aliphatic rings. The predicted octanol–water partition coefficient (Wildman–Crippen LogP) is 2.48. The van der Waals surface area contributed by atoms with Crippen molar-refractivity contribution in [3.63, 3.8) is 0 Å². The van der Waals surface area contributed by atoms with Crippen molar-refractivity contribution in [2.75, 3.05) is 26.2 Å². The van der Waals surface area contributed by atoms with Gasteiger partial charge in [-0.05, 0) is 25.0 Å². The van der Waals surface area contributed by atoms with Gasteiger partial charge >= 0.3 is 5.69 Å². The number of aromatic nitrogens is 2. The lowest BCUT2D eigenvalue weighted by Gasteiger charge is -2.33. The van der Waals surface area contributed by atoms with Gasteiger partial charge in [0.05, 0.1) is 24.2 Å². The van der Waals surface area contributed by atoms with Crippen LogP contribution in [0.2, 0.25) is 0 Å². The summed E-state index contributed by atoms with van der Waals surface area (Å²) in [4.78, 5) is 12.6. The predicted molar refractivity (Wildman–Crippen MR) is 89.9 cm³/mol. The van der Waals surface area contributed by atoms with Crippen LogP contribution in [0.25, 0.3) is 0 Å². The van der Waals surface area contributed by atoms with Gasteiger partial charge < -0.3 is 4.74 Å². The van der Waals surface area contributed by atoms with E-state index in [2.05, 4.69) is 42.0 Å². The zero-order valence-corrected chi connectivity index (χ0v) is 14.0. The Morgan fingerprint density at radius 1 is 1.38 bits per heavy atom. The van der Waals surface area contributed by atoms with E-state index >= 15 is 0 Å². The maximum Gasteiger partial charge on any atom is 0.306 e. The molecule has 0 bridgehead atoms. The molecule has 2 heterocycles. The number of hydrogen-bond acceptors (Lipinski definition) is 5. The average molecular weight is 330 g/mol. The van der Waals surface area contributed by atoms with Crippen LogP contribution in [0.15, 0.2) is 30.6 Å². The molecular weight excluding hydrogens is 308 g/mol. The third-order valence-electron chi connectivity index (χ3n) is 4.40. The fraction of sp³-hybridized carbons (Fsp3) is 0.471. The van der Waals surface area contributed by atoms with Crippen molar-refractivity contribution in [3.8, 4) is 0 Å². The summed E-state index contributed by atoms with van der Waals surface area (Å²) in [6.07, 6.45) is 2.84. The number of hydrogen-bond donors (Lipinski definition) is 0. The number of benzene rings is 1. The lowest BCUT2D eigenvalue weighted by molar-refractivity contribution is -0.385. The summed E-state index contributed by atoms with van der Waals surface area (Å²) < 4.78 is 7.57. The van der Waals surface area contributed by atoms with Gasteiger partial charge in [-0.25, -0.2) is 0 Å². The molecule has 0 radical (unpaired) electrons. The number of nitrogens with zero attached hydrogens (tertiary/aromatic N) is 4. The van der Waals surface area contributed by atoms with Crippen molar-refractivity contribution < 1.29 is 9.66 Å². The Bertz CT molecular complexity index is 728. The fourth-order valence-electron chi connectivity index (χ4n) is 3.09. The summed E-state index contributed by atoms with van der Waals surface area (Å²) in [6.45, 7) is 8.02. The van der Waals surface area contributed by atoms with E-state index in [-0.39, 0.29) is 11.8 Å². The highest BCUT2D eigenvalue weighted by atomic mass is 16.6. The van der Waals surface area contributed by atoms with Crippen LogP contribution in [0.1, 0.15) is 22.8 Å². The van der Waals surface area contributed by atoms with Gasteiger partial charge in [0.1, 0.15) is 12.4 Å². The zero-order chi connectivity index (χ0) is 17.1. The molecule has 0 unspecified atom stereocenters. The molecule has 1 aliphatic heterocycles. The van der Waals surface area contributed by atoms with E-state index in [0.29, 0.717) is 13.2 Å². The molecule has 1 fully saturated rings. The maximum atomic E-state index is 10.7. The first-order chi connectivity index (χ1) is 11.5. The summed E-state index contributed by atoms with van der Waals surface area (Å²) in [7, 11) is 0. The maximum absolute atomic E-state index is 10.7. The summed E-state index contributed by atoms with van der Waals surface area (Å²) in [5, 5.41) is 14.7. The van der Waals surface area contributed by atoms with E-state index in [4.69, 9.17) is 4.74 Å². The topological polar surface area (TPSA) is 73.4 Å². The van der Waals surface area contributed by atoms with Crippen LogP contribution in [-0.4, -0.2) is 45.8 Å². The minimum Gasteiger partial charge on any atom is -0.371 e. The van der Waals surface area contributed by atoms with Crippen LogP contribution >= 0.6 is 0 Å². The molecule has 1 saturated heterocycles. The molecule has 1 aromatic carbocycles. The van der Waals surface area contributed by atoms with Gasteiger partial charge in [-0.15, -0.1) is 0 Å². The van der Waals surface area contributed by atoms with Crippen LogP contribution in [0.4, 0.5) is 5.69 Å². The van der Waals surface area contributed by atoms with Crippen LogP contribution in [-0.2, 0) is 11.3 Å². The van der Waals surface area contributed by atoms with E-state index < -0.39 is 4.92 Å². The van der Waals surface area contributed by atoms with Crippen LogP contribution < -0.4 is 0 Å². The minimum atomic E-state index is -0.422. The lowest BCUT2D eigenvalue weighted by Crippen LogP contribution is -2.40. The second-order valence-corrected chi connectivity index (χ2v) is 6.24. The minimum absolute atomic E-state index is 0.0325. The summed E-state index contributed by atoms with van der Waals surface area (Å²) in [5.41, 5.74) is 3.78. The Morgan fingerprint density at radius 2 is 2.21 bits per heavy atom. The zero-order valence-electron chi connectivity index (χ0n) is 14.0. The molecule has 1 atom stereocenters. The number of morpholine rings is 1. The Morgan fingerprint density at radius 3 is 2.92 bits per heavy atom. The van der Waals surface area contributed by atoms with E-state index in [1.54, 1.807) is 4.68 Å². The van der Waals surface area contributed by atoms with Gasteiger partial charge in [-0.3, -0.25) is 19.7 Å². The van der Waals surface area contributed by atoms with Crippen LogP contribution in [0.5, 0.6) is 0 Å². The molecule has 2 aromatic rings. The highest BCUT2D eigenvalue weighted by molar-refractivity contribution is 5.32. The SMILES string of the molecule is Cc1ccc([C@H]2CN(CCn3cc([N+](=O)[O-])cn3)CCO2)c(C)c1. The normalized spacial score (nSPS) is 18.7. The first kappa shape index (κ1) is 16.6. The highest BCUT2D eigenvalue weighted by Crippen LogP contribution is 2.25. The average Bonchev–Trinajstić information content (AvgIpc) is 3.02. The quantitative estimate of drug-likeness (QED) is 0.622. The Kier molecular flexibility index (Phi) is 4.92. The number of rotatable bonds is 5. The molecule has 0 spiro atoms. The van der Waals surface area contributed by atoms with Crippen molar-refractivity contribution in [1.82, 2.24) is 14.7 Å². The second-order valence-electron chi connectivity index (χ2n) is 6.24. The number of aryl methyl sites for hydroxylation is 2. The molecule has 0 saturated carbocycles. The molecule has 24 heavy (non-hydrogen) atoms. The van der Waals surface area contributed by atoms with Gasteiger partial charge in [0.2, 0.25) is 0 Å². The van der Waals surface area contributed by atoms with Crippen molar-refractivity contribution in [1.29, 1.82) is 0 Å². The third-order valence-corrected chi connectivity index (χ3v) is 4.40. The standard InChI is InChI=1S/C17H22N4O3/c1-13-3-4-16(14(2)9-13)17-12-19(7-8-24-17)5-6-20-11-15(10-18-20)21(22)23/h3-4,9-11,17H,5-8,12H2,1-2H3/t17-/m1/s1. The van der Waals surface area contributed by atoms with E-state index in [1.165, 1.54) is 29.1 Å². The third kappa shape index (κ3) is 3.80. The molecule has 7 heteroatoms.